The minimum absolute atomic E-state index is 0.118. The molecule has 1 aromatic heterocycles. The Bertz CT molecular complexity index is 783. The summed E-state index contributed by atoms with van der Waals surface area (Å²) in [6, 6.07) is 8.77. The number of carbonyl (C=O) groups excluding carboxylic acids is 2. The van der Waals surface area contributed by atoms with Gasteiger partial charge < -0.3 is 19.0 Å². The Kier molecular flexibility index (Phi) is 5.52. The number of amides is 2. The molecular formula is C19H21ClN2O4. The van der Waals surface area contributed by atoms with Crippen LogP contribution >= 0.6 is 11.6 Å². The van der Waals surface area contributed by atoms with E-state index in [4.69, 9.17) is 20.8 Å². The summed E-state index contributed by atoms with van der Waals surface area (Å²) in [5.74, 6) is 0.542. The molecule has 0 aliphatic carbocycles. The van der Waals surface area contributed by atoms with Gasteiger partial charge in [-0.1, -0.05) is 17.7 Å². The third-order valence-corrected chi connectivity index (χ3v) is 4.66. The third kappa shape index (κ3) is 4.02. The Labute approximate surface area is 157 Å². The van der Waals surface area contributed by atoms with Crippen LogP contribution in [0.25, 0.3) is 0 Å². The van der Waals surface area contributed by atoms with Gasteiger partial charge in [0.25, 0.3) is 11.8 Å². The number of ether oxygens (including phenoxy) is 1. The highest BCUT2D eigenvalue weighted by Crippen LogP contribution is 2.26. The second kappa shape index (κ2) is 7.83. The van der Waals surface area contributed by atoms with Crippen LogP contribution in [0.1, 0.15) is 23.0 Å². The zero-order valence-electron chi connectivity index (χ0n) is 14.8. The van der Waals surface area contributed by atoms with E-state index in [1.807, 2.05) is 19.1 Å². The van der Waals surface area contributed by atoms with Crippen LogP contribution in [0, 0.1) is 6.92 Å². The molecule has 0 bridgehead atoms. The van der Waals surface area contributed by atoms with Crippen molar-refractivity contribution in [2.45, 2.75) is 20.0 Å². The Morgan fingerprint density at radius 2 is 1.85 bits per heavy atom. The average molecular weight is 377 g/mol. The molecule has 0 N–H and O–H groups in total. The van der Waals surface area contributed by atoms with E-state index in [0.717, 1.165) is 5.56 Å². The van der Waals surface area contributed by atoms with Crippen molar-refractivity contribution in [1.82, 2.24) is 9.80 Å². The Morgan fingerprint density at radius 3 is 2.50 bits per heavy atom. The van der Waals surface area contributed by atoms with Gasteiger partial charge >= 0.3 is 0 Å². The number of aryl methyl sites for hydroxylation is 1. The lowest BCUT2D eigenvalue weighted by Gasteiger charge is -2.35. The lowest BCUT2D eigenvalue weighted by Crippen LogP contribution is -2.53. The fourth-order valence-electron chi connectivity index (χ4n) is 2.88. The quantitative estimate of drug-likeness (QED) is 0.822. The molecule has 0 radical (unpaired) electrons. The third-order valence-electron chi connectivity index (χ3n) is 4.35. The summed E-state index contributed by atoms with van der Waals surface area (Å²) in [7, 11) is 0. The molecule has 2 aromatic rings. The molecule has 1 aliphatic rings. The lowest BCUT2D eigenvalue weighted by atomic mass is 10.2. The average Bonchev–Trinajstić information content (AvgIpc) is 3.18. The standard InChI is InChI=1S/C19H21ClN2O4/c1-13-5-6-15(20)17(12-13)26-14(2)18(23)21-7-9-22(10-8-21)19(24)16-4-3-11-25-16/h3-6,11-12,14H,7-10H2,1-2H3/t14-/m0/s1. The van der Waals surface area contributed by atoms with Gasteiger partial charge in [0.2, 0.25) is 0 Å². The summed E-state index contributed by atoms with van der Waals surface area (Å²) in [6.45, 7) is 5.49. The second-order valence-electron chi connectivity index (χ2n) is 6.29. The minimum atomic E-state index is -0.651. The first kappa shape index (κ1) is 18.3. The van der Waals surface area contributed by atoms with Gasteiger partial charge in [0.1, 0.15) is 5.75 Å². The molecule has 0 saturated carbocycles. The smallest absolute Gasteiger partial charge is 0.289 e. The zero-order valence-corrected chi connectivity index (χ0v) is 15.5. The summed E-state index contributed by atoms with van der Waals surface area (Å²) in [5, 5.41) is 0.476. The second-order valence-corrected chi connectivity index (χ2v) is 6.70. The maximum absolute atomic E-state index is 12.6. The van der Waals surface area contributed by atoms with E-state index < -0.39 is 6.10 Å². The van der Waals surface area contributed by atoms with Crippen molar-refractivity contribution in [3.8, 4) is 5.75 Å². The maximum Gasteiger partial charge on any atom is 0.289 e. The van der Waals surface area contributed by atoms with Crippen LogP contribution in [-0.2, 0) is 4.79 Å². The molecule has 1 aromatic carbocycles. The molecule has 2 heterocycles. The molecule has 1 atom stereocenters. The topological polar surface area (TPSA) is 63.0 Å². The molecule has 3 rings (SSSR count). The summed E-state index contributed by atoms with van der Waals surface area (Å²) in [5.41, 5.74) is 1.01. The maximum atomic E-state index is 12.6. The van der Waals surface area contributed by atoms with E-state index in [0.29, 0.717) is 42.7 Å². The summed E-state index contributed by atoms with van der Waals surface area (Å²) in [4.78, 5) is 28.3. The highest BCUT2D eigenvalue weighted by Gasteiger charge is 2.29. The summed E-state index contributed by atoms with van der Waals surface area (Å²) in [6.07, 6.45) is 0.823. The van der Waals surface area contributed by atoms with E-state index in [1.165, 1.54) is 6.26 Å². The number of nitrogens with zero attached hydrogens (tertiary/aromatic N) is 2. The number of furan rings is 1. The molecular weight excluding hydrogens is 356 g/mol. The molecule has 1 aliphatic heterocycles. The van der Waals surface area contributed by atoms with Crippen molar-refractivity contribution in [2.75, 3.05) is 26.2 Å². The number of rotatable bonds is 4. The molecule has 7 heteroatoms. The van der Waals surface area contributed by atoms with Gasteiger partial charge in [0.05, 0.1) is 11.3 Å². The van der Waals surface area contributed by atoms with Gasteiger partial charge in [0, 0.05) is 26.2 Å². The lowest BCUT2D eigenvalue weighted by molar-refractivity contribution is -0.139. The van der Waals surface area contributed by atoms with Crippen LogP contribution in [-0.4, -0.2) is 53.9 Å². The predicted molar refractivity (Wildman–Crippen MR) is 97.5 cm³/mol. The van der Waals surface area contributed by atoms with Crippen LogP contribution in [0.5, 0.6) is 5.75 Å². The van der Waals surface area contributed by atoms with Gasteiger partial charge in [-0.3, -0.25) is 9.59 Å². The van der Waals surface area contributed by atoms with Crippen molar-refractivity contribution in [1.29, 1.82) is 0 Å². The van der Waals surface area contributed by atoms with Gasteiger partial charge in [-0.15, -0.1) is 0 Å². The largest absolute Gasteiger partial charge is 0.479 e. The Morgan fingerprint density at radius 1 is 1.15 bits per heavy atom. The number of piperazine rings is 1. The van der Waals surface area contributed by atoms with Crippen LogP contribution in [0.4, 0.5) is 0 Å². The molecule has 0 unspecified atom stereocenters. The van der Waals surface area contributed by atoms with Crippen molar-refractivity contribution in [3.63, 3.8) is 0 Å². The first-order valence-corrected chi connectivity index (χ1v) is 8.88. The van der Waals surface area contributed by atoms with Crippen LogP contribution in [0.3, 0.4) is 0 Å². The highest BCUT2D eigenvalue weighted by atomic mass is 35.5. The SMILES string of the molecule is Cc1ccc(Cl)c(O[C@@H](C)C(=O)N2CCN(C(=O)c3ccco3)CC2)c1. The number of benzene rings is 1. The molecule has 6 nitrogen and oxygen atoms in total. The number of carbonyl (C=O) groups is 2. The van der Waals surface area contributed by atoms with Crippen molar-refractivity contribution in [3.05, 3.63) is 52.9 Å². The van der Waals surface area contributed by atoms with Crippen LogP contribution < -0.4 is 4.74 Å². The molecule has 0 spiro atoms. The molecule has 2 amide bonds. The van der Waals surface area contributed by atoms with Crippen LogP contribution in [0.2, 0.25) is 5.02 Å². The van der Waals surface area contributed by atoms with E-state index in [9.17, 15) is 9.59 Å². The van der Waals surface area contributed by atoms with Crippen molar-refractivity contribution >= 4 is 23.4 Å². The minimum Gasteiger partial charge on any atom is -0.479 e. The van der Waals surface area contributed by atoms with Crippen LogP contribution in [0.15, 0.2) is 41.0 Å². The monoisotopic (exact) mass is 376 g/mol. The van der Waals surface area contributed by atoms with Crippen molar-refractivity contribution in [2.24, 2.45) is 0 Å². The van der Waals surface area contributed by atoms with E-state index >= 15 is 0 Å². The predicted octanol–water partition coefficient (Wildman–Crippen LogP) is 2.99. The number of hydrogen-bond acceptors (Lipinski definition) is 4. The summed E-state index contributed by atoms with van der Waals surface area (Å²) < 4.78 is 10.9. The van der Waals surface area contributed by atoms with Gasteiger partial charge in [-0.05, 0) is 43.7 Å². The molecule has 1 saturated heterocycles. The summed E-state index contributed by atoms with van der Waals surface area (Å²) >= 11 is 6.13. The fourth-order valence-corrected chi connectivity index (χ4v) is 3.05. The Balaban J connectivity index is 1.56. The zero-order chi connectivity index (χ0) is 18.7. The van der Waals surface area contributed by atoms with Gasteiger partial charge in [0.15, 0.2) is 11.9 Å². The van der Waals surface area contributed by atoms with E-state index in [1.54, 1.807) is 34.9 Å². The molecule has 1 fully saturated rings. The normalized spacial score (nSPS) is 15.7. The fraction of sp³-hybridized carbons (Fsp3) is 0.368. The molecule has 138 valence electrons. The van der Waals surface area contributed by atoms with Gasteiger partial charge in [-0.25, -0.2) is 0 Å². The number of hydrogen-bond donors (Lipinski definition) is 0. The van der Waals surface area contributed by atoms with E-state index in [2.05, 4.69) is 0 Å². The molecule has 26 heavy (non-hydrogen) atoms. The van der Waals surface area contributed by atoms with E-state index in [-0.39, 0.29) is 11.8 Å². The number of halogens is 1. The van der Waals surface area contributed by atoms with Crippen molar-refractivity contribution < 1.29 is 18.7 Å². The first-order chi connectivity index (χ1) is 12.5. The highest BCUT2D eigenvalue weighted by molar-refractivity contribution is 6.32. The van der Waals surface area contributed by atoms with Gasteiger partial charge in [-0.2, -0.15) is 0 Å². The first-order valence-electron chi connectivity index (χ1n) is 8.50. The Hall–Kier alpha value is -2.47.